The molecule has 0 saturated heterocycles. The molecule has 1 aromatic rings. The number of aromatic nitrogens is 2. The molecule has 0 radical (unpaired) electrons. The fraction of sp³-hybridized carbons (Fsp3) is 0.714. The lowest BCUT2D eigenvalue weighted by molar-refractivity contribution is 0.669. The normalized spacial score (nSPS) is 16.7. The predicted octanol–water partition coefficient (Wildman–Crippen LogP) is 4.29. The second-order valence-corrected chi connectivity index (χ2v) is 6.22. The lowest BCUT2D eigenvalue weighted by Crippen LogP contribution is -2.11. The molecule has 4 heteroatoms. The molecule has 1 aliphatic carbocycles. The third-order valence-electron chi connectivity index (χ3n) is 3.45. The highest BCUT2D eigenvalue weighted by Gasteiger charge is 2.29. The second kappa shape index (κ2) is 6.17. The monoisotopic (exact) mass is 359 g/mol. The van der Waals surface area contributed by atoms with Crippen molar-refractivity contribution >= 4 is 28.4 Å². The molecule has 1 heterocycles. The number of hydrogen-bond donors (Lipinski definition) is 1. The summed E-state index contributed by atoms with van der Waals surface area (Å²) in [5.41, 5.74) is 1.28. The van der Waals surface area contributed by atoms with Gasteiger partial charge in [-0.1, -0.05) is 20.8 Å². The summed E-state index contributed by atoms with van der Waals surface area (Å²) in [6, 6.07) is 0. The van der Waals surface area contributed by atoms with Gasteiger partial charge in [0, 0.05) is 18.4 Å². The summed E-state index contributed by atoms with van der Waals surface area (Å²) in [6.45, 7) is 7.57. The molecule has 0 amide bonds. The van der Waals surface area contributed by atoms with Gasteiger partial charge in [0.1, 0.15) is 11.6 Å². The molecule has 18 heavy (non-hydrogen) atoms. The molecule has 0 spiro atoms. The lowest BCUT2D eigenvalue weighted by atomic mass is 10.1. The molecule has 1 unspecified atom stereocenters. The number of hydrogen-bond acceptors (Lipinski definition) is 3. The van der Waals surface area contributed by atoms with Gasteiger partial charge in [0.15, 0.2) is 0 Å². The quantitative estimate of drug-likeness (QED) is 0.770. The summed E-state index contributed by atoms with van der Waals surface area (Å²) in [5, 5.41) is 3.45. The minimum absolute atomic E-state index is 0.446. The van der Waals surface area contributed by atoms with Crippen LogP contribution in [0.25, 0.3) is 0 Å². The molecule has 1 aromatic heterocycles. The van der Waals surface area contributed by atoms with Crippen molar-refractivity contribution in [2.45, 2.75) is 58.3 Å². The highest BCUT2D eigenvalue weighted by molar-refractivity contribution is 14.1. The van der Waals surface area contributed by atoms with Crippen LogP contribution in [0.2, 0.25) is 0 Å². The number of halogens is 1. The number of rotatable bonds is 6. The Bertz CT molecular complexity index is 416. The van der Waals surface area contributed by atoms with Crippen LogP contribution in [-0.4, -0.2) is 16.5 Å². The average Bonchev–Trinajstić information content (AvgIpc) is 3.21. The van der Waals surface area contributed by atoms with Gasteiger partial charge >= 0.3 is 0 Å². The van der Waals surface area contributed by atoms with Crippen LogP contribution in [-0.2, 0) is 0 Å². The van der Waals surface area contributed by atoms with E-state index >= 15 is 0 Å². The van der Waals surface area contributed by atoms with E-state index < -0.39 is 0 Å². The summed E-state index contributed by atoms with van der Waals surface area (Å²) in [5.74, 6) is 3.19. The zero-order chi connectivity index (χ0) is 13.1. The zero-order valence-electron chi connectivity index (χ0n) is 11.5. The fourth-order valence-electron chi connectivity index (χ4n) is 1.87. The van der Waals surface area contributed by atoms with E-state index in [0.717, 1.165) is 31.0 Å². The van der Waals surface area contributed by atoms with Crippen LogP contribution in [0.1, 0.15) is 69.8 Å². The minimum atomic E-state index is 0.446. The van der Waals surface area contributed by atoms with Crippen molar-refractivity contribution in [3.8, 4) is 0 Å². The van der Waals surface area contributed by atoms with E-state index in [1.165, 1.54) is 22.1 Å². The van der Waals surface area contributed by atoms with Gasteiger partial charge in [0.05, 0.1) is 9.26 Å². The van der Waals surface area contributed by atoms with E-state index in [4.69, 9.17) is 9.97 Å². The summed E-state index contributed by atoms with van der Waals surface area (Å²) in [7, 11) is 0. The van der Waals surface area contributed by atoms with Crippen molar-refractivity contribution in [1.82, 2.24) is 9.97 Å². The van der Waals surface area contributed by atoms with Crippen LogP contribution >= 0.6 is 22.6 Å². The first kappa shape index (κ1) is 14.0. The largest absolute Gasteiger partial charge is 0.369 e. The molecule has 1 fully saturated rings. The molecule has 3 nitrogen and oxygen atoms in total. The van der Waals surface area contributed by atoms with Crippen LogP contribution in [0.15, 0.2) is 0 Å². The summed E-state index contributed by atoms with van der Waals surface area (Å²) < 4.78 is 1.23. The maximum atomic E-state index is 4.82. The smallest absolute Gasteiger partial charge is 0.143 e. The van der Waals surface area contributed by atoms with E-state index in [1.54, 1.807) is 0 Å². The lowest BCUT2D eigenvalue weighted by Gasteiger charge is -2.15. The first-order valence-electron chi connectivity index (χ1n) is 6.98. The highest BCUT2D eigenvalue weighted by atomic mass is 127. The third kappa shape index (κ3) is 3.13. The van der Waals surface area contributed by atoms with Gasteiger partial charge in [-0.05, 0) is 48.3 Å². The van der Waals surface area contributed by atoms with Gasteiger partial charge in [-0.3, -0.25) is 0 Å². The summed E-state index contributed by atoms with van der Waals surface area (Å²) in [6.07, 6.45) is 4.80. The van der Waals surface area contributed by atoms with E-state index in [9.17, 15) is 0 Å². The molecule has 1 N–H and O–H groups in total. The molecule has 1 aliphatic rings. The Morgan fingerprint density at radius 3 is 2.61 bits per heavy atom. The maximum Gasteiger partial charge on any atom is 0.143 e. The standard InChI is InChI=1S/C14H22IN3/c1-4-8-16-14-11(15)12(10-6-7-10)17-13(18-14)9(3)5-2/h9-10H,4-8H2,1-3H3,(H,16,17,18). The first-order chi connectivity index (χ1) is 8.67. The Balaban J connectivity index is 2.33. The first-order valence-corrected chi connectivity index (χ1v) is 8.06. The van der Waals surface area contributed by atoms with Crippen molar-refractivity contribution < 1.29 is 0 Å². The van der Waals surface area contributed by atoms with E-state index in [-0.39, 0.29) is 0 Å². The van der Waals surface area contributed by atoms with Crippen molar-refractivity contribution in [1.29, 1.82) is 0 Å². The molecule has 2 rings (SSSR count). The van der Waals surface area contributed by atoms with Crippen LogP contribution in [0.4, 0.5) is 5.82 Å². The molecule has 1 saturated carbocycles. The number of nitrogens with zero attached hydrogens (tertiary/aromatic N) is 2. The van der Waals surface area contributed by atoms with Crippen molar-refractivity contribution in [3.63, 3.8) is 0 Å². The maximum absolute atomic E-state index is 4.82. The van der Waals surface area contributed by atoms with Crippen LogP contribution < -0.4 is 5.32 Å². The van der Waals surface area contributed by atoms with Crippen molar-refractivity contribution in [2.75, 3.05) is 11.9 Å². The van der Waals surface area contributed by atoms with E-state index in [0.29, 0.717) is 11.8 Å². The Morgan fingerprint density at radius 2 is 2.06 bits per heavy atom. The van der Waals surface area contributed by atoms with Gasteiger partial charge in [-0.25, -0.2) is 9.97 Å². The van der Waals surface area contributed by atoms with E-state index in [2.05, 4.69) is 48.7 Å². The van der Waals surface area contributed by atoms with Crippen LogP contribution in [0.3, 0.4) is 0 Å². The highest BCUT2D eigenvalue weighted by Crippen LogP contribution is 2.42. The second-order valence-electron chi connectivity index (χ2n) is 5.14. The molecule has 0 aromatic carbocycles. The average molecular weight is 359 g/mol. The Morgan fingerprint density at radius 1 is 1.33 bits per heavy atom. The SMILES string of the molecule is CCCNc1nc(C(C)CC)nc(C2CC2)c1I. The van der Waals surface area contributed by atoms with E-state index in [1.807, 2.05) is 0 Å². The third-order valence-corrected chi connectivity index (χ3v) is 4.52. The van der Waals surface area contributed by atoms with Crippen molar-refractivity contribution in [2.24, 2.45) is 0 Å². The molecular formula is C14H22IN3. The Labute approximate surface area is 123 Å². The molecule has 100 valence electrons. The molecule has 1 atom stereocenters. The van der Waals surface area contributed by atoms with Crippen LogP contribution in [0, 0.1) is 3.57 Å². The predicted molar refractivity (Wildman–Crippen MR) is 84.2 cm³/mol. The Hall–Kier alpha value is -0.390. The number of anilines is 1. The van der Waals surface area contributed by atoms with Gasteiger partial charge in [-0.15, -0.1) is 0 Å². The Kier molecular flexibility index (Phi) is 4.81. The van der Waals surface area contributed by atoms with Gasteiger partial charge < -0.3 is 5.32 Å². The van der Waals surface area contributed by atoms with Crippen molar-refractivity contribution in [3.05, 3.63) is 15.1 Å². The topological polar surface area (TPSA) is 37.8 Å². The molecular weight excluding hydrogens is 337 g/mol. The fourth-order valence-corrected chi connectivity index (χ4v) is 2.75. The molecule has 0 bridgehead atoms. The molecule has 0 aliphatic heterocycles. The minimum Gasteiger partial charge on any atom is -0.369 e. The van der Waals surface area contributed by atoms with Gasteiger partial charge in [0.2, 0.25) is 0 Å². The zero-order valence-corrected chi connectivity index (χ0v) is 13.6. The van der Waals surface area contributed by atoms with Gasteiger partial charge in [-0.2, -0.15) is 0 Å². The van der Waals surface area contributed by atoms with Gasteiger partial charge in [0.25, 0.3) is 0 Å². The number of nitrogens with one attached hydrogen (secondary N) is 1. The van der Waals surface area contributed by atoms with Crippen LogP contribution in [0.5, 0.6) is 0 Å². The summed E-state index contributed by atoms with van der Waals surface area (Å²) in [4.78, 5) is 9.54. The summed E-state index contributed by atoms with van der Waals surface area (Å²) >= 11 is 2.40.